The average molecular weight is 1070 g/mol. The van der Waals surface area contributed by atoms with Gasteiger partial charge in [-0.3, -0.25) is 38.4 Å². The van der Waals surface area contributed by atoms with Crippen LogP contribution in [0.2, 0.25) is 0 Å². The summed E-state index contributed by atoms with van der Waals surface area (Å²) < 4.78 is 24.8. The third kappa shape index (κ3) is 7.99. The first-order valence-corrected chi connectivity index (χ1v) is 26.1. The fraction of sp³-hybridized carbons (Fsp3) is 0.0968. The zero-order valence-corrected chi connectivity index (χ0v) is 42.4. The summed E-state index contributed by atoms with van der Waals surface area (Å²) in [6.07, 6.45) is 2.72. The van der Waals surface area contributed by atoms with E-state index in [1.807, 2.05) is 0 Å². The fourth-order valence-corrected chi connectivity index (χ4v) is 12.6. The minimum atomic E-state index is -2.78. The molecule has 4 aliphatic rings. The maximum absolute atomic E-state index is 15.9. The summed E-state index contributed by atoms with van der Waals surface area (Å²) in [5.74, 6) is -8.02. The summed E-state index contributed by atoms with van der Waals surface area (Å²) in [5, 5.41) is -0.00664. The molecule has 2 heterocycles. The van der Waals surface area contributed by atoms with Crippen LogP contribution >= 0.6 is 22.7 Å². The van der Waals surface area contributed by atoms with E-state index in [1.165, 1.54) is 24.3 Å². The molecule has 0 fully saturated rings. The molecule has 0 saturated heterocycles. The largest absolute Gasteiger partial charge is 0.459 e. The molecule has 0 N–H and O–H groups in total. The molecule has 0 bridgehead atoms. The van der Waals surface area contributed by atoms with Crippen molar-refractivity contribution in [3.05, 3.63) is 246 Å². The highest BCUT2D eigenvalue weighted by molar-refractivity contribution is 7.16. The van der Waals surface area contributed by atoms with Gasteiger partial charge in [-0.25, -0.2) is 9.97 Å². The Morgan fingerprint density at radius 3 is 0.936 bits per heavy atom. The lowest BCUT2D eigenvalue weighted by Gasteiger charge is -2.27. The number of fused-ring (bicyclic) bond motifs is 6. The first-order chi connectivity index (χ1) is 38.0. The first kappa shape index (κ1) is 49.2. The number of aromatic nitrogens is 2. The van der Waals surface area contributed by atoms with Gasteiger partial charge in [0.25, 0.3) is 0 Å². The number of Topliss-reactive ketones (excluding diaryl/α,β-unsaturated/α-hetero) is 4. The van der Waals surface area contributed by atoms with Crippen LogP contribution in [0.1, 0.15) is 85.3 Å². The van der Waals surface area contributed by atoms with Crippen LogP contribution in [0.3, 0.4) is 0 Å². The maximum Gasteiger partial charge on any atom is 0.334 e. The van der Waals surface area contributed by atoms with Crippen LogP contribution in [0.4, 0.5) is 0 Å². The molecule has 78 heavy (non-hydrogen) atoms. The van der Waals surface area contributed by atoms with E-state index in [9.17, 15) is 19.2 Å². The molecule has 12 rings (SSSR count). The van der Waals surface area contributed by atoms with Gasteiger partial charge in [0.15, 0.2) is 0 Å². The topological polar surface area (TPSA) is 199 Å². The van der Waals surface area contributed by atoms with E-state index in [1.54, 1.807) is 158 Å². The molecule has 8 aromatic rings. The van der Waals surface area contributed by atoms with Gasteiger partial charge in [0.1, 0.15) is 36.4 Å². The summed E-state index contributed by atoms with van der Waals surface area (Å²) in [7, 11) is 0. The third-order valence-electron chi connectivity index (χ3n) is 13.9. The number of benzene rings is 6. The maximum atomic E-state index is 15.9. The van der Waals surface area contributed by atoms with Crippen molar-refractivity contribution in [1.29, 1.82) is 0 Å². The van der Waals surface area contributed by atoms with Gasteiger partial charge in [-0.05, 0) is 45.5 Å². The number of hydrogen-bond donors (Lipinski definition) is 0. The van der Waals surface area contributed by atoms with E-state index in [2.05, 4.69) is 0 Å². The highest BCUT2D eigenvalue weighted by Crippen LogP contribution is 2.66. The van der Waals surface area contributed by atoms with Crippen LogP contribution in [0.5, 0.6) is 0 Å². The Balaban J connectivity index is 1.14. The lowest BCUT2D eigenvalue weighted by Crippen LogP contribution is -2.46. The van der Waals surface area contributed by atoms with Gasteiger partial charge in [-0.1, -0.05) is 170 Å². The quantitative estimate of drug-likeness (QED) is 0.0328. The Kier molecular flexibility index (Phi) is 12.5. The number of esters is 4. The fourth-order valence-electron chi connectivity index (χ4n) is 10.2. The zero-order valence-electron chi connectivity index (χ0n) is 40.8. The summed E-state index contributed by atoms with van der Waals surface area (Å²) >= 11 is 1.67. The Labute approximate surface area is 452 Å². The predicted octanol–water partition coefficient (Wildman–Crippen LogP) is 9.60. The highest BCUT2D eigenvalue weighted by Gasteiger charge is 2.73. The van der Waals surface area contributed by atoms with Gasteiger partial charge in [-0.15, -0.1) is 22.7 Å². The molecule has 4 aliphatic carbocycles. The molecule has 16 heteroatoms. The number of rotatable bonds is 14. The third-order valence-corrected chi connectivity index (χ3v) is 15.9. The summed E-state index contributed by atoms with van der Waals surface area (Å²) in [6.45, 7) is -1.48. The first-order valence-electron chi connectivity index (χ1n) is 24.4. The summed E-state index contributed by atoms with van der Waals surface area (Å²) in [4.78, 5) is 128. The van der Waals surface area contributed by atoms with E-state index in [0.29, 0.717) is 33.4 Å². The van der Waals surface area contributed by atoms with Crippen molar-refractivity contribution in [2.45, 2.75) is 37.3 Å². The Morgan fingerprint density at radius 2 is 0.641 bits per heavy atom. The Hall–Kier alpha value is -9.64. The number of carbonyl (C=O) groups excluding carboxylic acids is 8. The lowest BCUT2D eigenvalue weighted by atomic mass is 9.79. The number of hydrogen-bond acceptors (Lipinski definition) is 16. The molecule has 0 amide bonds. The molecule has 0 atom stereocenters. The number of thiazole rings is 2. The summed E-state index contributed by atoms with van der Waals surface area (Å²) in [5.41, 5.74) is -3.62. The normalized spacial score (nSPS) is 16.2. The van der Waals surface area contributed by atoms with E-state index < -0.39 is 57.8 Å². The molecule has 2 aromatic heterocycles. The highest BCUT2D eigenvalue weighted by atomic mass is 32.1. The Morgan fingerprint density at radius 1 is 0.372 bits per heavy atom. The van der Waals surface area contributed by atoms with Crippen molar-refractivity contribution in [3.8, 4) is 0 Å². The second kappa shape index (κ2) is 19.8. The molecule has 6 aromatic carbocycles. The predicted molar refractivity (Wildman–Crippen MR) is 287 cm³/mol. The van der Waals surface area contributed by atoms with Crippen LogP contribution in [0.15, 0.2) is 170 Å². The van der Waals surface area contributed by atoms with Gasteiger partial charge in [0.2, 0.25) is 34.0 Å². The van der Waals surface area contributed by atoms with Gasteiger partial charge < -0.3 is 18.9 Å². The number of ether oxygens (including phenoxy) is 4. The molecule has 0 spiro atoms. The molecule has 0 unspecified atom stereocenters. The molecule has 0 aliphatic heterocycles. The number of nitrogens with zero attached hydrogens (tertiary/aromatic N) is 2. The molecular weight excluding hydrogens is 1030 g/mol. The van der Waals surface area contributed by atoms with Gasteiger partial charge in [-0.2, -0.15) is 0 Å². The van der Waals surface area contributed by atoms with E-state index in [4.69, 9.17) is 28.9 Å². The second-order valence-corrected chi connectivity index (χ2v) is 20.5. The van der Waals surface area contributed by atoms with Gasteiger partial charge in [0, 0.05) is 33.4 Å². The van der Waals surface area contributed by atoms with E-state index >= 15 is 19.2 Å². The van der Waals surface area contributed by atoms with Crippen molar-refractivity contribution >= 4 is 104 Å². The van der Waals surface area contributed by atoms with Crippen LogP contribution < -0.4 is 0 Å². The van der Waals surface area contributed by atoms with Crippen molar-refractivity contribution in [1.82, 2.24) is 9.97 Å². The molecule has 14 nitrogen and oxygen atoms in total. The van der Waals surface area contributed by atoms with Gasteiger partial charge in [0.05, 0.1) is 21.1 Å². The molecule has 0 radical (unpaired) electrons. The van der Waals surface area contributed by atoms with Crippen LogP contribution in [0.25, 0.3) is 34.4 Å². The monoisotopic (exact) mass is 1070 g/mol. The lowest BCUT2D eigenvalue weighted by molar-refractivity contribution is -0.165. The molecular formula is C62H38N2O12S2. The zero-order chi connectivity index (χ0) is 53.7. The van der Waals surface area contributed by atoms with Crippen LogP contribution in [-0.4, -0.2) is 57.0 Å². The SMILES string of the molecule is O=C1C(=O)c2ccccc2/C1=C/c1nc2c(s1)C1=C(c3sc(/C=C4\C(=O)C(=O)c5ccccc54)nc3C1(C(=O)OCc1ccccc1)C(=O)OCc1ccccc1)C2(C(=O)OCc1ccccc1)C(=O)OCc1ccccc1. The smallest absolute Gasteiger partial charge is 0.334 e. The van der Waals surface area contributed by atoms with Crippen LogP contribution in [-0.2, 0) is 85.0 Å². The molecule has 0 saturated carbocycles. The van der Waals surface area contributed by atoms with E-state index in [0.717, 1.165) is 22.7 Å². The number of ketones is 4. The standard InChI is InChI=1S/C62H38N2O12S2/c65-49-41-27-15-13-25-39(41)43(51(49)67)29-45-63-55-54(78-45)48-47(61(55,57(69)73-31-35-17-5-1-6-18-35)58(70)74-32-36-19-7-2-8-20-36)53-56(64-46(77-53)30-44-40-26-14-16-28-42(40)50(66)52(44)68)62(48,59(71)75-33-37-21-9-3-10-22-37)60(72)76-34-38-23-11-4-12-24-38/h1-30H,31-34H2/b43-29-,44-30-. The van der Waals surface area contributed by atoms with Crippen molar-refractivity contribution < 1.29 is 57.3 Å². The van der Waals surface area contributed by atoms with Crippen molar-refractivity contribution in [2.75, 3.05) is 0 Å². The van der Waals surface area contributed by atoms with Gasteiger partial charge >= 0.3 is 23.9 Å². The minimum absolute atomic E-state index is 0.00332. The van der Waals surface area contributed by atoms with E-state index in [-0.39, 0.29) is 91.0 Å². The molecule has 380 valence electrons. The van der Waals surface area contributed by atoms with Crippen molar-refractivity contribution in [2.24, 2.45) is 0 Å². The van der Waals surface area contributed by atoms with Crippen LogP contribution in [0, 0.1) is 0 Å². The minimum Gasteiger partial charge on any atom is -0.459 e. The number of allylic oxidation sites excluding steroid dienone is 2. The average Bonchev–Trinajstić information content (AvgIpc) is 3.88. The number of carbonyl (C=O) groups is 8. The second-order valence-electron chi connectivity index (χ2n) is 18.5. The van der Waals surface area contributed by atoms with Crippen molar-refractivity contribution in [3.63, 3.8) is 0 Å². The Bertz CT molecular complexity index is 3600. The summed E-state index contributed by atoms with van der Waals surface area (Å²) in [6, 6.07) is 47.6.